The maximum Gasteiger partial charge on any atom is 0.416 e. The van der Waals surface area contributed by atoms with Gasteiger partial charge in [0.25, 0.3) is 0 Å². The van der Waals surface area contributed by atoms with Gasteiger partial charge in [-0.3, -0.25) is 4.79 Å². The van der Waals surface area contributed by atoms with Crippen molar-refractivity contribution in [2.75, 3.05) is 0 Å². The van der Waals surface area contributed by atoms with Crippen molar-refractivity contribution in [2.24, 2.45) is 0 Å². The molecule has 0 saturated heterocycles. The van der Waals surface area contributed by atoms with Crippen molar-refractivity contribution in [1.29, 1.82) is 0 Å². The van der Waals surface area contributed by atoms with E-state index in [1.165, 1.54) is 0 Å². The number of hydrogen-bond donors (Lipinski definition) is 0. The summed E-state index contributed by atoms with van der Waals surface area (Å²) in [5.74, 6) is 0. The number of carbonyl (C=O) groups is 1. The lowest BCUT2D eigenvalue weighted by Gasteiger charge is -2.16. The summed E-state index contributed by atoms with van der Waals surface area (Å²) in [4.78, 5) is 10.6. The first-order valence-corrected chi connectivity index (χ1v) is 4.02. The highest BCUT2D eigenvalue weighted by Gasteiger charge is 2.35. The number of halogens is 5. The molecule has 6 heteroatoms. The fraction of sp³-hybridized carbons (Fsp3) is 0.375. The molecule has 0 bridgehead atoms. The summed E-state index contributed by atoms with van der Waals surface area (Å²) in [6.07, 6.45) is -5.85. The Morgan fingerprint density at radius 3 is 2.50 bits per heavy atom. The maximum absolute atomic E-state index is 12.7. The molecule has 1 rings (SSSR count). The van der Waals surface area contributed by atoms with Gasteiger partial charge in [-0.1, -0.05) is 0 Å². The molecule has 0 N–H and O–H groups in total. The molecule has 0 spiro atoms. The van der Waals surface area contributed by atoms with E-state index in [0.29, 0.717) is 12.2 Å². The molecule has 1 nitrogen and oxygen atoms in total. The van der Waals surface area contributed by atoms with E-state index in [1.54, 1.807) is 0 Å². The molecule has 78 valence electrons. The predicted octanol–water partition coefficient (Wildman–Crippen LogP) is 2.91. The van der Waals surface area contributed by atoms with E-state index in [1.807, 2.05) is 0 Å². The van der Waals surface area contributed by atoms with E-state index < -0.39 is 29.6 Å². The van der Waals surface area contributed by atoms with Crippen molar-refractivity contribution in [3.63, 3.8) is 0 Å². The van der Waals surface area contributed by atoms with Gasteiger partial charge in [-0.25, -0.2) is 4.39 Å². The quantitative estimate of drug-likeness (QED) is 0.498. The Kier molecular flexibility index (Phi) is 2.99. The van der Waals surface area contributed by atoms with Gasteiger partial charge in [0.15, 0.2) is 0 Å². The minimum Gasteiger partial charge on any atom is -0.276 e. The van der Waals surface area contributed by atoms with Crippen LogP contribution in [0.25, 0.3) is 0 Å². The Labute approximate surface area is 82.0 Å². The maximum atomic E-state index is 12.7. The van der Waals surface area contributed by atoms with Crippen LogP contribution in [0.3, 0.4) is 0 Å². The average molecular weight is 229 g/mol. The number of alkyl halides is 4. The highest BCUT2D eigenvalue weighted by atomic mass is 35.5. The first-order chi connectivity index (χ1) is 6.30. The summed E-state index contributed by atoms with van der Waals surface area (Å²) in [6, 6.07) is 0. The van der Waals surface area contributed by atoms with Crippen LogP contribution >= 0.6 is 11.6 Å². The molecule has 1 unspecified atom stereocenters. The van der Waals surface area contributed by atoms with E-state index in [0.717, 1.165) is 0 Å². The lowest BCUT2D eigenvalue weighted by Crippen LogP contribution is -2.18. The van der Waals surface area contributed by atoms with Crippen LogP contribution in [0, 0.1) is 0 Å². The van der Waals surface area contributed by atoms with Crippen LogP contribution in [-0.4, -0.2) is 17.6 Å². The zero-order valence-corrected chi connectivity index (χ0v) is 7.49. The fourth-order valence-corrected chi connectivity index (χ4v) is 1.20. The van der Waals surface area contributed by atoms with Gasteiger partial charge in [0.1, 0.15) is 6.17 Å². The third kappa shape index (κ3) is 2.57. The van der Waals surface area contributed by atoms with Crippen molar-refractivity contribution >= 4 is 16.8 Å². The Morgan fingerprint density at radius 1 is 1.50 bits per heavy atom. The SMILES string of the molecule is O=C(Cl)C1=CC(C(F)(F)F)=CC(F)C1. The normalized spacial score (nSPS) is 22.8. The second-order valence-electron chi connectivity index (χ2n) is 2.78. The van der Waals surface area contributed by atoms with Crippen LogP contribution < -0.4 is 0 Å². The minimum absolute atomic E-state index is 0.353. The zero-order valence-electron chi connectivity index (χ0n) is 6.74. The Hall–Kier alpha value is -0.840. The smallest absolute Gasteiger partial charge is 0.276 e. The second kappa shape index (κ2) is 3.73. The summed E-state index contributed by atoms with van der Waals surface area (Å²) >= 11 is 4.97. The van der Waals surface area contributed by atoms with Crippen LogP contribution in [-0.2, 0) is 4.79 Å². The molecule has 0 aliphatic heterocycles. The Bertz CT molecular complexity index is 316. The molecular weight excluding hydrogens is 224 g/mol. The minimum atomic E-state index is -4.65. The van der Waals surface area contributed by atoms with Crippen LogP contribution in [0.4, 0.5) is 17.6 Å². The molecule has 0 aromatic rings. The standard InChI is InChI=1S/C8H5ClF4O/c9-7(14)4-1-5(8(11,12)13)3-6(10)2-4/h1,3,6H,2H2. The summed E-state index contributed by atoms with van der Waals surface area (Å²) in [6.45, 7) is 0. The number of hydrogen-bond acceptors (Lipinski definition) is 1. The third-order valence-electron chi connectivity index (χ3n) is 1.68. The first-order valence-electron chi connectivity index (χ1n) is 3.64. The van der Waals surface area contributed by atoms with E-state index >= 15 is 0 Å². The monoisotopic (exact) mass is 228 g/mol. The largest absolute Gasteiger partial charge is 0.416 e. The molecule has 0 aromatic heterocycles. The number of rotatable bonds is 1. The fourth-order valence-electron chi connectivity index (χ4n) is 1.07. The summed E-state index contributed by atoms with van der Waals surface area (Å²) in [7, 11) is 0. The van der Waals surface area contributed by atoms with Gasteiger partial charge in [0.05, 0.1) is 5.57 Å². The van der Waals surface area contributed by atoms with Crippen molar-refractivity contribution in [3.8, 4) is 0 Å². The van der Waals surface area contributed by atoms with Crippen LogP contribution in [0.2, 0.25) is 0 Å². The molecular formula is C8H5ClF4O. The zero-order chi connectivity index (χ0) is 10.9. The predicted molar refractivity (Wildman–Crippen MR) is 42.6 cm³/mol. The van der Waals surface area contributed by atoms with Gasteiger partial charge in [-0.2, -0.15) is 13.2 Å². The lowest BCUT2D eigenvalue weighted by atomic mass is 9.98. The van der Waals surface area contributed by atoms with Gasteiger partial charge >= 0.3 is 6.18 Å². The molecule has 14 heavy (non-hydrogen) atoms. The molecule has 0 amide bonds. The molecule has 0 heterocycles. The molecule has 0 saturated carbocycles. The van der Waals surface area contributed by atoms with Gasteiger partial charge in [0.2, 0.25) is 5.24 Å². The first kappa shape index (κ1) is 11.2. The molecule has 0 fully saturated rings. The van der Waals surface area contributed by atoms with Crippen LogP contribution in [0.1, 0.15) is 6.42 Å². The Balaban J connectivity index is 3.02. The highest BCUT2D eigenvalue weighted by Crippen LogP contribution is 2.33. The van der Waals surface area contributed by atoms with E-state index in [9.17, 15) is 22.4 Å². The second-order valence-corrected chi connectivity index (χ2v) is 3.13. The van der Waals surface area contributed by atoms with E-state index in [-0.39, 0.29) is 5.57 Å². The summed E-state index contributed by atoms with van der Waals surface area (Å²) in [5.41, 5.74) is -1.52. The van der Waals surface area contributed by atoms with Crippen molar-refractivity contribution in [3.05, 3.63) is 23.3 Å². The van der Waals surface area contributed by atoms with Gasteiger partial charge in [-0.05, 0) is 23.8 Å². The lowest BCUT2D eigenvalue weighted by molar-refractivity contribution is -0.108. The third-order valence-corrected chi connectivity index (χ3v) is 1.93. The van der Waals surface area contributed by atoms with Crippen LogP contribution in [0.15, 0.2) is 23.3 Å². The van der Waals surface area contributed by atoms with Crippen molar-refractivity contribution in [1.82, 2.24) is 0 Å². The van der Waals surface area contributed by atoms with Crippen molar-refractivity contribution in [2.45, 2.75) is 18.8 Å². The average Bonchev–Trinajstić information content (AvgIpc) is 2.01. The van der Waals surface area contributed by atoms with Crippen LogP contribution in [0.5, 0.6) is 0 Å². The van der Waals surface area contributed by atoms with Gasteiger partial charge < -0.3 is 0 Å². The Morgan fingerprint density at radius 2 is 2.07 bits per heavy atom. The van der Waals surface area contributed by atoms with E-state index in [2.05, 4.69) is 0 Å². The van der Waals surface area contributed by atoms with Gasteiger partial charge in [-0.15, -0.1) is 0 Å². The van der Waals surface area contributed by atoms with E-state index in [4.69, 9.17) is 11.6 Å². The van der Waals surface area contributed by atoms with Gasteiger partial charge in [0, 0.05) is 12.0 Å². The molecule has 1 atom stereocenters. The molecule has 0 radical (unpaired) electrons. The molecule has 0 aromatic carbocycles. The summed E-state index contributed by atoms with van der Waals surface area (Å²) < 4.78 is 49.1. The van der Waals surface area contributed by atoms with Crippen molar-refractivity contribution < 1.29 is 22.4 Å². The topological polar surface area (TPSA) is 17.1 Å². The molecule has 1 aliphatic rings. The summed E-state index contributed by atoms with van der Waals surface area (Å²) in [5, 5.41) is -1.05. The molecule has 1 aliphatic carbocycles. The highest BCUT2D eigenvalue weighted by molar-refractivity contribution is 6.67. The number of allylic oxidation sites excluding steroid dienone is 4. The number of carbonyl (C=O) groups excluding carboxylic acids is 1.